The van der Waals surface area contributed by atoms with Gasteiger partial charge in [-0.05, 0) is 12.1 Å². The van der Waals surface area contributed by atoms with E-state index >= 15 is 0 Å². The summed E-state index contributed by atoms with van der Waals surface area (Å²) in [7, 11) is 0. The first kappa shape index (κ1) is 10.6. The van der Waals surface area contributed by atoms with Gasteiger partial charge in [0.05, 0.1) is 19.1 Å². The van der Waals surface area contributed by atoms with Crippen LogP contribution in [0.2, 0.25) is 5.02 Å². The van der Waals surface area contributed by atoms with Crippen molar-refractivity contribution in [3.63, 3.8) is 0 Å². The molecule has 80 valence electrons. The fraction of sp³-hybridized carbons (Fsp3) is 0.364. The quantitative estimate of drug-likeness (QED) is 0.776. The fourth-order valence-electron chi connectivity index (χ4n) is 1.70. The average molecular weight is 226 g/mol. The number of carbonyl (C=O) groups is 1. The Morgan fingerprint density at radius 1 is 1.47 bits per heavy atom. The van der Waals surface area contributed by atoms with Crippen LogP contribution in [0.25, 0.3) is 0 Å². The third-order valence-corrected chi connectivity index (χ3v) is 2.81. The van der Waals surface area contributed by atoms with Crippen molar-refractivity contribution in [2.45, 2.75) is 6.04 Å². The SMILES string of the molecule is NC1COCC1C(=O)c1cccc(Cl)c1. The Balaban J connectivity index is 2.20. The fourth-order valence-corrected chi connectivity index (χ4v) is 1.89. The van der Waals surface area contributed by atoms with E-state index in [1.165, 1.54) is 0 Å². The molecule has 1 aromatic carbocycles. The lowest BCUT2D eigenvalue weighted by molar-refractivity contribution is 0.0896. The molecule has 2 unspecified atom stereocenters. The van der Waals surface area contributed by atoms with Crippen LogP contribution >= 0.6 is 11.6 Å². The lowest BCUT2D eigenvalue weighted by atomic mass is 9.94. The summed E-state index contributed by atoms with van der Waals surface area (Å²) in [6.45, 7) is 0.865. The molecule has 1 fully saturated rings. The van der Waals surface area contributed by atoms with Crippen LogP contribution in [0.3, 0.4) is 0 Å². The average Bonchev–Trinajstić information content (AvgIpc) is 2.63. The minimum Gasteiger partial charge on any atom is -0.379 e. The number of hydrogen-bond acceptors (Lipinski definition) is 3. The van der Waals surface area contributed by atoms with Crippen molar-refractivity contribution in [3.8, 4) is 0 Å². The summed E-state index contributed by atoms with van der Waals surface area (Å²) in [5.41, 5.74) is 6.38. The van der Waals surface area contributed by atoms with Crippen molar-refractivity contribution in [1.29, 1.82) is 0 Å². The Bertz CT molecular complexity index is 381. The van der Waals surface area contributed by atoms with Gasteiger partial charge >= 0.3 is 0 Å². The van der Waals surface area contributed by atoms with Crippen LogP contribution in [0.4, 0.5) is 0 Å². The van der Waals surface area contributed by atoms with Crippen LogP contribution in [-0.4, -0.2) is 25.0 Å². The predicted molar refractivity (Wildman–Crippen MR) is 58.1 cm³/mol. The number of rotatable bonds is 2. The van der Waals surface area contributed by atoms with Crippen molar-refractivity contribution >= 4 is 17.4 Å². The van der Waals surface area contributed by atoms with Gasteiger partial charge in [0.15, 0.2) is 5.78 Å². The number of nitrogens with two attached hydrogens (primary N) is 1. The molecule has 1 saturated heterocycles. The van der Waals surface area contributed by atoms with Gasteiger partial charge in [-0.3, -0.25) is 4.79 Å². The summed E-state index contributed by atoms with van der Waals surface area (Å²) in [6, 6.07) is 6.71. The van der Waals surface area contributed by atoms with E-state index in [2.05, 4.69) is 0 Å². The summed E-state index contributed by atoms with van der Waals surface area (Å²) in [6.07, 6.45) is 0. The van der Waals surface area contributed by atoms with Crippen molar-refractivity contribution in [2.75, 3.05) is 13.2 Å². The van der Waals surface area contributed by atoms with Crippen LogP contribution < -0.4 is 5.73 Å². The third kappa shape index (κ3) is 2.20. The molecule has 4 heteroatoms. The van der Waals surface area contributed by atoms with Crippen LogP contribution in [0.15, 0.2) is 24.3 Å². The van der Waals surface area contributed by atoms with Crippen LogP contribution in [-0.2, 0) is 4.74 Å². The van der Waals surface area contributed by atoms with Gasteiger partial charge in [0, 0.05) is 16.6 Å². The van der Waals surface area contributed by atoms with Gasteiger partial charge < -0.3 is 10.5 Å². The number of Topliss-reactive ketones (excluding diaryl/α,β-unsaturated/α-hetero) is 1. The van der Waals surface area contributed by atoms with Gasteiger partial charge in [-0.2, -0.15) is 0 Å². The molecular formula is C11H12ClNO2. The summed E-state index contributed by atoms with van der Waals surface area (Å²) >= 11 is 5.82. The summed E-state index contributed by atoms with van der Waals surface area (Å²) in [4.78, 5) is 12.0. The largest absolute Gasteiger partial charge is 0.379 e. The maximum Gasteiger partial charge on any atom is 0.169 e. The van der Waals surface area contributed by atoms with E-state index in [9.17, 15) is 4.79 Å². The zero-order chi connectivity index (χ0) is 10.8. The molecule has 1 aromatic rings. The van der Waals surface area contributed by atoms with Crippen molar-refractivity contribution in [1.82, 2.24) is 0 Å². The number of carbonyl (C=O) groups excluding carboxylic acids is 1. The second-order valence-corrected chi connectivity index (χ2v) is 4.12. The highest BCUT2D eigenvalue weighted by Crippen LogP contribution is 2.19. The summed E-state index contributed by atoms with van der Waals surface area (Å²) < 4.78 is 5.16. The third-order valence-electron chi connectivity index (χ3n) is 2.57. The van der Waals surface area contributed by atoms with Crippen LogP contribution in [0, 0.1) is 5.92 Å². The zero-order valence-electron chi connectivity index (χ0n) is 8.15. The molecule has 0 radical (unpaired) electrons. The van der Waals surface area contributed by atoms with E-state index in [0.29, 0.717) is 23.8 Å². The summed E-state index contributed by atoms with van der Waals surface area (Å²) in [5, 5.41) is 0.563. The minimum absolute atomic E-state index is 0.0162. The molecular weight excluding hydrogens is 214 g/mol. The lowest BCUT2D eigenvalue weighted by Crippen LogP contribution is -2.34. The first-order valence-electron chi connectivity index (χ1n) is 4.81. The molecule has 3 nitrogen and oxygen atoms in total. The van der Waals surface area contributed by atoms with E-state index < -0.39 is 0 Å². The molecule has 1 heterocycles. The Morgan fingerprint density at radius 3 is 2.87 bits per heavy atom. The van der Waals surface area contributed by atoms with E-state index in [1.807, 2.05) is 0 Å². The second-order valence-electron chi connectivity index (χ2n) is 3.68. The molecule has 0 amide bonds. The molecule has 1 aliphatic rings. The molecule has 0 aromatic heterocycles. The molecule has 2 atom stereocenters. The zero-order valence-corrected chi connectivity index (χ0v) is 8.91. The van der Waals surface area contributed by atoms with Crippen molar-refractivity contribution < 1.29 is 9.53 Å². The standard InChI is InChI=1S/C11H12ClNO2/c12-8-3-1-2-7(4-8)11(14)9-5-15-6-10(9)13/h1-4,9-10H,5-6,13H2. The van der Waals surface area contributed by atoms with Gasteiger partial charge in [-0.1, -0.05) is 23.7 Å². The van der Waals surface area contributed by atoms with Crippen molar-refractivity contribution in [3.05, 3.63) is 34.9 Å². The Kier molecular flexibility index (Phi) is 3.05. The molecule has 0 saturated carbocycles. The Hall–Kier alpha value is -0.900. The Morgan fingerprint density at radius 2 is 2.27 bits per heavy atom. The number of benzene rings is 1. The highest BCUT2D eigenvalue weighted by atomic mass is 35.5. The number of ether oxygens (including phenoxy) is 1. The van der Waals surface area contributed by atoms with Gasteiger partial charge in [0.2, 0.25) is 0 Å². The normalized spacial score (nSPS) is 25.5. The van der Waals surface area contributed by atoms with E-state index in [-0.39, 0.29) is 17.7 Å². The van der Waals surface area contributed by atoms with E-state index in [1.54, 1.807) is 24.3 Å². The second kappa shape index (κ2) is 4.31. The number of hydrogen-bond donors (Lipinski definition) is 1. The number of ketones is 1. The Labute approximate surface area is 93.2 Å². The lowest BCUT2D eigenvalue weighted by Gasteiger charge is -2.11. The van der Waals surface area contributed by atoms with Gasteiger partial charge in [0.25, 0.3) is 0 Å². The molecule has 2 N–H and O–H groups in total. The highest BCUT2D eigenvalue weighted by Gasteiger charge is 2.31. The molecule has 1 aliphatic heterocycles. The topological polar surface area (TPSA) is 52.3 Å². The smallest absolute Gasteiger partial charge is 0.169 e. The van der Waals surface area contributed by atoms with Crippen LogP contribution in [0.5, 0.6) is 0 Å². The van der Waals surface area contributed by atoms with Crippen molar-refractivity contribution in [2.24, 2.45) is 11.7 Å². The monoisotopic (exact) mass is 225 g/mol. The van der Waals surface area contributed by atoms with Gasteiger partial charge in [-0.15, -0.1) is 0 Å². The first-order valence-corrected chi connectivity index (χ1v) is 5.19. The summed E-state index contributed by atoms with van der Waals surface area (Å²) in [5.74, 6) is -0.217. The molecule has 2 rings (SSSR count). The minimum atomic E-state index is -0.233. The first-order chi connectivity index (χ1) is 7.18. The predicted octanol–water partition coefficient (Wildman–Crippen LogP) is 1.50. The van der Waals surface area contributed by atoms with Crippen LogP contribution in [0.1, 0.15) is 10.4 Å². The molecule has 0 bridgehead atoms. The maximum absolute atomic E-state index is 12.0. The van der Waals surface area contributed by atoms with E-state index in [0.717, 1.165) is 0 Å². The molecule has 0 aliphatic carbocycles. The highest BCUT2D eigenvalue weighted by molar-refractivity contribution is 6.31. The van der Waals surface area contributed by atoms with Gasteiger partial charge in [-0.25, -0.2) is 0 Å². The molecule has 0 spiro atoms. The number of halogens is 1. The van der Waals surface area contributed by atoms with Gasteiger partial charge in [0.1, 0.15) is 0 Å². The van der Waals surface area contributed by atoms with E-state index in [4.69, 9.17) is 22.1 Å². The molecule has 15 heavy (non-hydrogen) atoms. The maximum atomic E-state index is 12.0.